The normalized spacial score (nSPS) is 18.3. The van der Waals surface area contributed by atoms with E-state index < -0.39 is 0 Å². The summed E-state index contributed by atoms with van der Waals surface area (Å²) in [5, 5.41) is 4.41. The van der Waals surface area contributed by atoms with Crippen LogP contribution in [0, 0.1) is 6.92 Å². The van der Waals surface area contributed by atoms with Gasteiger partial charge in [0.2, 0.25) is 0 Å². The maximum Gasteiger partial charge on any atom is 0.0739 e. The topological polar surface area (TPSA) is 21.1 Å². The van der Waals surface area contributed by atoms with Crippen molar-refractivity contribution >= 4 is 27.7 Å². The van der Waals surface area contributed by atoms with Crippen molar-refractivity contribution < 1.29 is 0 Å². The molecule has 0 spiro atoms. The van der Waals surface area contributed by atoms with E-state index in [4.69, 9.17) is 0 Å². The van der Waals surface area contributed by atoms with E-state index in [1.54, 1.807) is 0 Å². The van der Waals surface area contributed by atoms with Crippen LogP contribution in [0.5, 0.6) is 0 Å². The smallest absolute Gasteiger partial charge is 0.0739 e. The molecule has 2 rings (SSSR count). The van der Waals surface area contributed by atoms with Gasteiger partial charge in [-0.25, -0.2) is 0 Å². The van der Waals surface area contributed by atoms with Crippen LogP contribution in [0.3, 0.4) is 0 Å². The molecule has 0 amide bonds. The number of hydrogen-bond donors (Lipinski definition) is 0. The van der Waals surface area contributed by atoms with E-state index in [0.29, 0.717) is 0 Å². The van der Waals surface area contributed by atoms with E-state index in [1.165, 1.54) is 34.8 Å². The Morgan fingerprint density at radius 2 is 2.07 bits per heavy atom. The minimum Gasteiger partial charge on any atom is -0.296 e. The van der Waals surface area contributed by atoms with Crippen LogP contribution < -0.4 is 0 Å². The third kappa shape index (κ3) is 2.57. The fraction of sp³-hybridized carbons (Fsp3) is 0.700. The van der Waals surface area contributed by atoms with E-state index in [-0.39, 0.29) is 0 Å². The predicted octanol–water partition coefficient (Wildman–Crippen LogP) is 2.04. The van der Waals surface area contributed by atoms with Crippen molar-refractivity contribution in [2.45, 2.75) is 13.5 Å². The Balaban J connectivity index is 2.09. The summed E-state index contributed by atoms with van der Waals surface area (Å²) in [6.45, 7) is 5.45. The Bertz CT molecular complexity index is 345. The molecular weight excluding hydrogens is 274 g/mol. The molecule has 1 aliphatic rings. The highest BCUT2D eigenvalue weighted by molar-refractivity contribution is 9.10. The number of thioether (sulfide) groups is 1. The molecule has 0 aromatic carbocycles. The van der Waals surface area contributed by atoms with E-state index >= 15 is 0 Å². The second-order valence-corrected chi connectivity index (χ2v) is 5.88. The maximum atomic E-state index is 4.41. The summed E-state index contributed by atoms with van der Waals surface area (Å²) in [5.41, 5.74) is 2.37. The molecule has 1 aromatic rings. The summed E-state index contributed by atoms with van der Waals surface area (Å²) in [6, 6.07) is 0. The van der Waals surface area contributed by atoms with Crippen molar-refractivity contribution in [3.63, 3.8) is 0 Å². The fourth-order valence-corrected chi connectivity index (χ4v) is 3.26. The van der Waals surface area contributed by atoms with Crippen molar-refractivity contribution in [3.8, 4) is 0 Å². The largest absolute Gasteiger partial charge is 0.296 e. The van der Waals surface area contributed by atoms with Crippen LogP contribution in [-0.2, 0) is 13.6 Å². The summed E-state index contributed by atoms with van der Waals surface area (Å²) < 4.78 is 3.16. The molecule has 1 saturated heterocycles. The Morgan fingerprint density at radius 3 is 2.60 bits per heavy atom. The number of aryl methyl sites for hydroxylation is 2. The van der Waals surface area contributed by atoms with Crippen LogP contribution in [-0.4, -0.2) is 39.3 Å². The molecule has 0 N–H and O–H groups in total. The van der Waals surface area contributed by atoms with Crippen LogP contribution >= 0.6 is 27.7 Å². The lowest BCUT2D eigenvalue weighted by Gasteiger charge is -2.26. The molecule has 15 heavy (non-hydrogen) atoms. The first-order chi connectivity index (χ1) is 7.18. The molecular formula is C10H16BrN3S. The average molecular weight is 290 g/mol. The van der Waals surface area contributed by atoms with E-state index in [2.05, 4.69) is 25.9 Å². The van der Waals surface area contributed by atoms with E-state index in [0.717, 1.165) is 12.2 Å². The Labute approximate surface area is 103 Å². The highest BCUT2D eigenvalue weighted by atomic mass is 79.9. The standard InChI is InChI=1S/C10H16BrN3S/c1-8-10(11)9(13(2)12-8)7-14-3-5-15-6-4-14/h3-7H2,1-2H3. The summed E-state index contributed by atoms with van der Waals surface area (Å²) in [4.78, 5) is 2.50. The number of aromatic nitrogens is 2. The van der Waals surface area contributed by atoms with E-state index in [1.807, 2.05) is 30.4 Å². The third-order valence-corrected chi connectivity index (χ3v) is 4.71. The molecule has 84 valence electrons. The van der Waals surface area contributed by atoms with Crippen LogP contribution in [0.4, 0.5) is 0 Å². The second kappa shape index (κ2) is 4.89. The van der Waals surface area contributed by atoms with Gasteiger partial charge in [0, 0.05) is 38.2 Å². The van der Waals surface area contributed by atoms with Crippen LogP contribution in [0.15, 0.2) is 4.47 Å². The predicted molar refractivity (Wildman–Crippen MR) is 68.2 cm³/mol. The zero-order valence-corrected chi connectivity index (χ0v) is 11.6. The molecule has 0 saturated carbocycles. The first kappa shape index (κ1) is 11.5. The number of hydrogen-bond acceptors (Lipinski definition) is 3. The molecule has 0 aliphatic carbocycles. The summed E-state index contributed by atoms with van der Waals surface area (Å²) in [6.07, 6.45) is 0. The van der Waals surface area contributed by atoms with Crippen LogP contribution in [0.2, 0.25) is 0 Å². The number of halogens is 1. The van der Waals surface area contributed by atoms with Gasteiger partial charge in [0.05, 0.1) is 15.9 Å². The van der Waals surface area contributed by atoms with Gasteiger partial charge in [0.1, 0.15) is 0 Å². The van der Waals surface area contributed by atoms with Gasteiger partial charge < -0.3 is 0 Å². The van der Waals surface area contributed by atoms with Gasteiger partial charge in [-0.3, -0.25) is 9.58 Å². The average Bonchev–Trinajstić information content (AvgIpc) is 2.47. The molecule has 0 bridgehead atoms. The minimum absolute atomic E-state index is 1.01. The number of rotatable bonds is 2. The molecule has 0 atom stereocenters. The molecule has 2 heterocycles. The molecule has 3 nitrogen and oxygen atoms in total. The number of nitrogens with zero attached hydrogens (tertiary/aromatic N) is 3. The molecule has 1 fully saturated rings. The van der Waals surface area contributed by atoms with Gasteiger partial charge in [-0.05, 0) is 22.9 Å². The maximum absolute atomic E-state index is 4.41. The summed E-state index contributed by atoms with van der Waals surface area (Å²) in [5.74, 6) is 2.52. The highest BCUT2D eigenvalue weighted by Gasteiger charge is 2.16. The lowest BCUT2D eigenvalue weighted by atomic mass is 10.3. The highest BCUT2D eigenvalue weighted by Crippen LogP contribution is 2.22. The Morgan fingerprint density at radius 1 is 1.40 bits per heavy atom. The fourth-order valence-electron chi connectivity index (χ4n) is 1.82. The van der Waals surface area contributed by atoms with Gasteiger partial charge in [-0.1, -0.05) is 0 Å². The van der Waals surface area contributed by atoms with Gasteiger partial charge in [0.25, 0.3) is 0 Å². The minimum atomic E-state index is 1.01. The van der Waals surface area contributed by atoms with Crippen molar-refractivity contribution in [3.05, 3.63) is 15.9 Å². The zero-order valence-electron chi connectivity index (χ0n) is 9.16. The van der Waals surface area contributed by atoms with Gasteiger partial charge in [0.15, 0.2) is 0 Å². The quantitative estimate of drug-likeness (QED) is 0.831. The lowest BCUT2D eigenvalue weighted by molar-refractivity contribution is 0.286. The van der Waals surface area contributed by atoms with Crippen molar-refractivity contribution in [1.29, 1.82) is 0 Å². The molecule has 0 radical (unpaired) electrons. The molecule has 1 aliphatic heterocycles. The molecule has 1 aromatic heterocycles. The van der Waals surface area contributed by atoms with Gasteiger partial charge >= 0.3 is 0 Å². The lowest BCUT2D eigenvalue weighted by Crippen LogP contribution is -2.32. The first-order valence-corrected chi connectivity index (χ1v) is 7.11. The molecule has 0 unspecified atom stereocenters. The third-order valence-electron chi connectivity index (χ3n) is 2.74. The van der Waals surface area contributed by atoms with Crippen molar-refractivity contribution in [1.82, 2.24) is 14.7 Å². The van der Waals surface area contributed by atoms with Crippen LogP contribution in [0.25, 0.3) is 0 Å². The van der Waals surface area contributed by atoms with Gasteiger partial charge in [-0.2, -0.15) is 16.9 Å². The van der Waals surface area contributed by atoms with Crippen LogP contribution in [0.1, 0.15) is 11.4 Å². The summed E-state index contributed by atoms with van der Waals surface area (Å²) >= 11 is 5.66. The first-order valence-electron chi connectivity index (χ1n) is 5.16. The monoisotopic (exact) mass is 289 g/mol. The molecule has 5 heteroatoms. The summed E-state index contributed by atoms with van der Waals surface area (Å²) in [7, 11) is 2.02. The second-order valence-electron chi connectivity index (χ2n) is 3.86. The van der Waals surface area contributed by atoms with Crippen molar-refractivity contribution in [2.75, 3.05) is 24.6 Å². The van der Waals surface area contributed by atoms with Gasteiger partial charge in [-0.15, -0.1) is 0 Å². The SMILES string of the molecule is Cc1nn(C)c(CN2CCSCC2)c1Br. The Kier molecular flexibility index (Phi) is 3.74. The van der Waals surface area contributed by atoms with E-state index in [9.17, 15) is 0 Å². The zero-order chi connectivity index (χ0) is 10.8. The van der Waals surface area contributed by atoms with Crippen molar-refractivity contribution in [2.24, 2.45) is 7.05 Å². The Hall–Kier alpha value is -0.000000000000000111.